The van der Waals surface area contributed by atoms with Crippen molar-refractivity contribution in [1.29, 1.82) is 5.26 Å². The predicted octanol–water partition coefficient (Wildman–Crippen LogP) is 3.40. The van der Waals surface area contributed by atoms with Gasteiger partial charge in [-0.1, -0.05) is 6.07 Å². The molecule has 1 N–H and O–H groups in total. The summed E-state index contributed by atoms with van der Waals surface area (Å²) in [5, 5.41) is 15.2. The maximum atomic E-state index is 14.3. The summed E-state index contributed by atoms with van der Waals surface area (Å²) in [5.41, 5.74) is 0.492. The Morgan fingerprint density at radius 1 is 1.36 bits per heavy atom. The second-order valence-electron chi connectivity index (χ2n) is 6.10. The molecular weight excluding hydrogens is 378 g/mol. The van der Waals surface area contributed by atoms with Crippen molar-refractivity contribution in [3.8, 4) is 17.3 Å². The first-order valence-electron chi connectivity index (χ1n) is 8.05. The van der Waals surface area contributed by atoms with Crippen LogP contribution in [0.5, 0.6) is 0 Å². The van der Waals surface area contributed by atoms with Crippen molar-refractivity contribution in [2.75, 3.05) is 0 Å². The van der Waals surface area contributed by atoms with E-state index in [0.29, 0.717) is 5.56 Å². The summed E-state index contributed by atoms with van der Waals surface area (Å²) in [5.74, 6) is -1.72. The number of carbonyl (C=O) groups excluding carboxylic acids is 1. The Kier molecular flexibility index (Phi) is 4.77. The fourth-order valence-corrected chi connectivity index (χ4v) is 2.63. The largest absolute Gasteiger partial charge is 0.408 e. The van der Waals surface area contributed by atoms with Crippen LogP contribution in [0.25, 0.3) is 16.9 Å². The Labute approximate surface area is 156 Å². The van der Waals surface area contributed by atoms with Gasteiger partial charge >= 0.3 is 6.18 Å². The Morgan fingerprint density at radius 2 is 2.07 bits per heavy atom. The molecule has 0 spiro atoms. The van der Waals surface area contributed by atoms with Crippen LogP contribution in [0.2, 0.25) is 0 Å². The van der Waals surface area contributed by atoms with Crippen molar-refractivity contribution in [1.82, 2.24) is 19.9 Å². The van der Waals surface area contributed by atoms with Crippen LogP contribution in [0.15, 0.2) is 30.5 Å². The first-order valence-corrected chi connectivity index (χ1v) is 8.05. The molecule has 1 atom stereocenters. The van der Waals surface area contributed by atoms with Gasteiger partial charge in [-0.15, -0.1) is 0 Å². The molecule has 0 saturated carbocycles. The van der Waals surface area contributed by atoms with Gasteiger partial charge in [0.15, 0.2) is 11.3 Å². The zero-order valence-corrected chi connectivity index (χ0v) is 14.7. The minimum atomic E-state index is -4.61. The van der Waals surface area contributed by atoms with Crippen LogP contribution < -0.4 is 5.32 Å². The molecule has 1 aromatic carbocycles. The number of benzene rings is 1. The molecule has 144 valence electrons. The summed E-state index contributed by atoms with van der Waals surface area (Å²) in [7, 11) is 0. The summed E-state index contributed by atoms with van der Waals surface area (Å²) in [4.78, 5) is 16.3. The van der Waals surface area contributed by atoms with Crippen LogP contribution in [-0.2, 0) is 0 Å². The molecule has 0 fully saturated rings. The van der Waals surface area contributed by atoms with Gasteiger partial charge in [-0.25, -0.2) is 13.9 Å². The van der Waals surface area contributed by atoms with E-state index in [9.17, 15) is 27.6 Å². The van der Waals surface area contributed by atoms with Gasteiger partial charge in [-0.2, -0.15) is 23.5 Å². The number of hydrogen-bond donors (Lipinski definition) is 1. The van der Waals surface area contributed by atoms with Crippen molar-refractivity contribution in [3.05, 3.63) is 53.1 Å². The molecule has 10 heteroatoms. The van der Waals surface area contributed by atoms with Crippen molar-refractivity contribution in [2.24, 2.45) is 0 Å². The lowest BCUT2D eigenvalue weighted by Gasteiger charge is -2.16. The van der Waals surface area contributed by atoms with Gasteiger partial charge in [-0.05, 0) is 37.6 Å². The lowest BCUT2D eigenvalue weighted by Crippen LogP contribution is -2.43. The monoisotopic (exact) mass is 391 g/mol. The van der Waals surface area contributed by atoms with E-state index >= 15 is 0 Å². The minimum Gasteiger partial charge on any atom is -0.339 e. The second-order valence-corrected chi connectivity index (χ2v) is 6.10. The highest BCUT2D eigenvalue weighted by atomic mass is 19.4. The first kappa shape index (κ1) is 19.3. The Bertz CT molecular complexity index is 1110. The number of nitrogens with one attached hydrogen (secondary N) is 1. The van der Waals surface area contributed by atoms with E-state index < -0.39 is 23.9 Å². The van der Waals surface area contributed by atoms with E-state index in [4.69, 9.17) is 0 Å². The van der Waals surface area contributed by atoms with Crippen LogP contribution in [0.3, 0.4) is 0 Å². The van der Waals surface area contributed by atoms with Crippen LogP contribution in [-0.4, -0.2) is 32.7 Å². The standard InChI is InChI=1S/C18H13F4N5O/c1-9-6-13(15-11(7-23)4-3-5-12(15)19)26-27-14(8-24-16(9)27)17(28)25-10(2)18(20,21)22/h3-6,8,10H,1-2H3,(H,25,28). The van der Waals surface area contributed by atoms with Gasteiger partial charge in [0.25, 0.3) is 5.91 Å². The molecule has 2 aromatic heterocycles. The van der Waals surface area contributed by atoms with Gasteiger partial charge in [0, 0.05) is 0 Å². The molecule has 6 nitrogen and oxygen atoms in total. The fourth-order valence-electron chi connectivity index (χ4n) is 2.63. The highest BCUT2D eigenvalue weighted by molar-refractivity contribution is 5.93. The van der Waals surface area contributed by atoms with Gasteiger partial charge in [0.05, 0.1) is 29.1 Å². The SMILES string of the molecule is Cc1cc(-c2c(F)cccc2C#N)nn2c(C(=O)NC(C)C(F)(F)F)cnc12. The number of carbonyl (C=O) groups is 1. The van der Waals surface area contributed by atoms with E-state index in [0.717, 1.165) is 23.7 Å². The fraction of sp³-hybridized carbons (Fsp3) is 0.222. The third-order valence-corrected chi connectivity index (χ3v) is 4.11. The average Bonchev–Trinajstić information content (AvgIpc) is 3.05. The molecule has 3 aromatic rings. The maximum Gasteiger partial charge on any atom is 0.408 e. The molecule has 0 aliphatic rings. The summed E-state index contributed by atoms with van der Waals surface area (Å²) in [6.07, 6.45) is -3.52. The number of rotatable bonds is 3. The molecular formula is C18H13F4N5O. The predicted molar refractivity (Wildman–Crippen MR) is 90.8 cm³/mol. The lowest BCUT2D eigenvalue weighted by atomic mass is 10.0. The molecule has 1 amide bonds. The van der Waals surface area contributed by atoms with E-state index in [2.05, 4.69) is 10.1 Å². The van der Waals surface area contributed by atoms with Crippen LogP contribution in [0.1, 0.15) is 28.5 Å². The number of aromatic nitrogens is 3. The minimum absolute atomic E-state index is 0.0306. The molecule has 0 saturated heterocycles. The summed E-state index contributed by atoms with van der Waals surface area (Å²) in [6, 6.07) is 5.22. The quantitative estimate of drug-likeness (QED) is 0.694. The van der Waals surface area contributed by atoms with Crippen molar-refractivity contribution >= 4 is 11.6 Å². The molecule has 1 unspecified atom stereocenters. The number of alkyl halides is 3. The number of fused-ring (bicyclic) bond motifs is 1. The van der Waals surface area contributed by atoms with Crippen molar-refractivity contribution in [2.45, 2.75) is 26.1 Å². The normalized spacial score (nSPS) is 12.6. The van der Waals surface area contributed by atoms with Crippen LogP contribution in [0, 0.1) is 24.1 Å². The number of imidazole rings is 1. The van der Waals surface area contributed by atoms with Crippen molar-refractivity contribution in [3.63, 3.8) is 0 Å². The lowest BCUT2D eigenvalue weighted by molar-refractivity contribution is -0.149. The Balaban J connectivity index is 2.13. The number of amides is 1. The first-order chi connectivity index (χ1) is 13.1. The van der Waals surface area contributed by atoms with Gasteiger partial charge in [0.1, 0.15) is 11.9 Å². The molecule has 0 aliphatic carbocycles. The highest BCUT2D eigenvalue weighted by Crippen LogP contribution is 2.27. The van der Waals surface area contributed by atoms with Gasteiger partial charge < -0.3 is 5.32 Å². The number of hydrogen-bond acceptors (Lipinski definition) is 4. The van der Waals surface area contributed by atoms with Gasteiger partial charge in [0.2, 0.25) is 0 Å². The number of nitriles is 1. The topological polar surface area (TPSA) is 83.1 Å². The van der Waals surface area contributed by atoms with Crippen LogP contribution >= 0.6 is 0 Å². The summed E-state index contributed by atoms with van der Waals surface area (Å²) in [6.45, 7) is 2.43. The second kappa shape index (κ2) is 6.92. The Morgan fingerprint density at radius 3 is 2.71 bits per heavy atom. The Hall–Kier alpha value is -3.48. The molecule has 28 heavy (non-hydrogen) atoms. The number of nitrogens with zero attached hydrogens (tertiary/aromatic N) is 4. The average molecular weight is 391 g/mol. The van der Waals surface area contributed by atoms with E-state index in [1.165, 1.54) is 18.2 Å². The third-order valence-electron chi connectivity index (χ3n) is 4.11. The number of aryl methyl sites for hydroxylation is 1. The van der Waals surface area contributed by atoms with Crippen LogP contribution in [0.4, 0.5) is 17.6 Å². The zero-order chi connectivity index (χ0) is 20.6. The number of halogens is 4. The van der Waals surface area contributed by atoms with E-state index in [1.54, 1.807) is 6.92 Å². The summed E-state index contributed by atoms with van der Waals surface area (Å²) < 4.78 is 53.5. The summed E-state index contributed by atoms with van der Waals surface area (Å²) >= 11 is 0. The maximum absolute atomic E-state index is 14.3. The third kappa shape index (κ3) is 3.38. The van der Waals surface area contributed by atoms with E-state index in [-0.39, 0.29) is 28.2 Å². The van der Waals surface area contributed by atoms with E-state index in [1.807, 2.05) is 11.4 Å². The van der Waals surface area contributed by atoms with Gasteiger partial charge in [-0.3, -0.25) is 4.79 Å². The molecule has 0 aliphatic heterocycles. The highest BCUT2D eigenvalue weighted by Gasteiger charge is 2.37. The molecule has 2 heterocycles. The van der Waals surface area contributed by atoms with Crippen molar-refractivity contribution < 1.29 is 22.4 Å². The molecule has 0 radical (unpaired) electrons. The zero-order valence-electron chi connectivity index (χ0n) is 14.7. The molecule has 0 bridgehead atoms. The smallest absolute Gasteiger partial charge is 0.339 e. The molecule has 3 rings (SSSR count).